The molecule has 2 N–H and O–H groups in total. The van der Waals surface area contributed by atoms with E-state index in [9.17, 15) is 9.65 Å². The van der Waals surface area contributed by atoms with Gasteiger partial charge in [0.05, 0.1) is 24.0 Å². The van der Waals surface area contributed by atoms with E-state index < -0.39 is 6.10 Å². The topological polar surface area (TPSA) is 100 Å². The highest BCUT2D eigenvalue weighted by Gasteiger charge is 2.30. The number of hydrogen-bond donors (Lipinski definition) is 1. The summed E-state index contributed by atoms with van der Waals surface area (Å²) >= 11 is 1.45. The molecule has 0 saturated carbocycles. The maximum atomic E-state index is 14.1. The van der Waals surface area contributed by atoms with Crippen LogP contribution in [0, 0.1) is 23.1 Å². The van der Waals surface area contributed by atoms with E-state index in [4.69, 9.17) is 15.5 Å². The van der Waals surface area contributed by atoms with E-state index in [-0.39, 0.29) is 29.5 Å². The molecule has 2 bridgehead atoms. The van der Waals surface area contributed by atoms with Crippen LogP contribution in [0.1, 0.15) is 50.1 Å². The Morgan fingerprint density at radius 1 is 1.38 bits per heavy atom. The molecule has 7 nitrogen and oxygen atoms in total. The number of nitrogens with two attached hydrogens (primary N) is 1. The van der Waals surface area contributed by atoms with Crippen molar-refractivity contribution in [3.8, 4) is 11.9 Å². The van der Waals surface area contributed by atoms with Crippen LogP contribution in [-0.4, -0.2) is 32.4 Å². The quantitative estimate of drug-likeness (QED) is 0.634. The van der Waals surface area contributed by atoms with Crippen molar-refractivity contribution >= 4 is 28.4 Å². The molecule has 0 saturated heterocycles. The van der Waals surface area contributed by atoms with Gasteiger partial charge in [-0.1, -0.05) is 19.9 Å². The van der Waals surface area contributed by atoms with E-state index in [1.54, 1.807) is 12.3 Å². The number of hydrogen-bond acceptors (Lipinski definition) is 8. The fourth-order valence-electron chi connectivity index (χ4n) is 3.85. The summed E-state index contributed by atoms with van der Waals surface area (Å²) in [6.07, 6.45) is 1.59. The molecule has 2 aromatic rings. The molecule has 2 unspecified atom stereocenters. The van der Waals surface area contributed by atoms with Gasteiger partial charge in [-0.2, -0.15) is 5.26 Å². The average Bonchev–Trinajstić information content (AvgIpc) is 2.75. The van der Waals surface area contributed by atoms with Gasteiger partial charge in [0.2, 0.25) is 0 Å². The molecule has 2 aliphatic rings. The van der Waals surface area contributed by atoms with Gasteiger partial charge in [0.1, 0.15) is 17.0 Å². The number of halogens is 1. The third-order valence-electron chi connectivity index (χ3n) is 5.61. The zero-order valence-electron chi connectivity index (χ0n) is 18.5. The van der Waals surface area contributed by atoms with Gasteiger partial charge >= 0.3 is 0 Å². The molecule has 9 heteroatoms. The van der Waals surface area contributed by atoms with Crippen LogP contribution < -0.4 is 10.5 Å². The molecule has 1 aromatic heterocycles. The van der Waals surface area contributed by atoms with Gasteiger partial charge in [-0.05, 0) is 55.1 Å². The number of dihydropyridines is 1. The van der Waals surface area contributed by atoms with Gasteiger partial charge in [-0.25, -0.2) is 18.7 Å². The largest absolute Gasteiger partial charge is 0.467 e. The first kappa shape index (κ1) is 22.2. The maximum Gasteiger partial charge on any atom is 0.258 e. The van der Waals surface area contributed by atoms with Crippen LogP contribution in [0.25, 0.3) is 5.57 Å². The smallest absolute Gasteiger partial charge is 0.258 e. The molecule has 0 radical (unpaired) electrons. The lowest BCUT2D eigenvalue weighted by atomic mass is 9.91. The third kappa shape index (κ3) is 4.33. The number of nitrogen functional groups attached to an aromatic ring is 1. The number of benzene rings is 1. The Morgan fingerprint density at radius 3 is 2.88 bits per heavy atom. The molecule has 0 aliphatic carbocycles. The van der Waals surface area contributed by atoms with Gasteiger partial charge in [-0.15, -0.1) is 0 Å². The van der Waals surface area contributed by atoms with Crippen LogP contribution in [-0.2, 0) is 6.54 Å². The Kier molecular flexibility index (Phi) is 6.17. The van der Waals surface area contributed by atoms with Gasteiger partial charge < -0.3 is 10.5 Å². The van der Waals surface area contributed by atoms with Gasteiger partial charge in [0.25, 0.3) is 5.88 Å². The zero-order valence-corrected chi connectivity index (χ0v) is 19.3. The molecular weight excluding hydrogens is 427 g/mol. The zero-order chi connectivity index (χ0) is 23.0. The first-order chi connectivity index (χ1) is 15.3. The Labute approximate surface area is 191 Å². The number of aliphatic imine (C=N–C) groups is 1. The highest BCUT2D eigenvalue weighted by atomic mass is 32.2. The predicted molar refractivity (Wildman–Crippen MR) is 124 cm³/mol. The lowest BCUT2D eigenvalue weighted by Crippen LogP contribution is -2.25. The minimum atomic E-state index is -0.500. The van der Waals surface area contributed by atoms with Crippen LogP contribution in [0.3, 0.4) is 0 Å². The minimum Gasteiger partial charge on any atom is -0.467 e. The van der Waals surface area contributed by atoms with Gasteiger partial charge in [0.15, 0.2) is 5.82 Å². The second kappa shape index (κ2) is 8.88. The average molecular weight is 453 g/mol. The van der Waals surface area contributed by atoms with Gasteiger partial charge in [-0.3, -0.25) is 4.99 Å². The van der Waals surface area contributed by atoms with E-state index in [1.165, 1.54) is 24.1 Å². The lowest BCUT2D eigenvalue weighted by Gasteiger charge is -2.28. The minimum absolute atomic E-state index is 0.00364. The number of ether oxygens (including phenoxy) is 1. The summed E-state index contributed by atoms with van der Waals surface area (Å²) in [5, 5.41) is 10.6. The van der Waals surface area contributed by atoms with Crippen molar-refractivity contribution in [2.24, 2.45) is 10.9 Å². The second-order valence-electron chi connectivity index (χ2n) is 8.34. The Bertz CT molecular complexity index is 1160. The summed E-state index contributed by atoms with van der Waals surface area (Å²) in [5.41, 5.74) is 9.44. The Morgan fingerprint density at radius 2 is 2.16 bits per heavy atom. The van der Waals surface area contributed by atoms with Crippen molar-refractivity contribution in [1.29, 1.82) is 5.26 Å². The standard InChI is InChI=1S/C23H25FN6OS/c1-12(2)18-7-15(9-25)20-19-10-27-21(26)22(28-19)31-13(3)17-8-16(24)6-5-14(17)11-30(4)32-23(20)29-18/h5-6,8,10,12-13,18H,7,11H2,1-4H3,(H2,26,27). The van der Waals surface area contributed by atoms with Crippen LogP contribution in [0.15, 0.2) is 35.0 Å². The molecule has 32 heavy (non-hydrogen) atoms. The molecule has 166 valence electrons. The molecule has 4 rings (SSSR count). The molecular formula is C23H25FN6OS. The Balaban J connectivity index is 1.91. The van der Waals surface area contributed by atoms with Crippen LogP contribution >= 0.6 is 11.9 Å². The summed E-state index contributed by atoms with van der Waals surface area (Å²) in [6, 6.07) is 7.03. The fraction of sp³-hybridized carbons (Fsp3) is 0.391. The number of anilines is 1. The second-order valence-corrected chi connectivity index (χ2v) is 9.53. The van der Waals surface area contributed by atoms with E-state index in [2.05, 4.69) is 29.9 Å². The summed E-state index contributed by atoms with van der Waals surface area (Å²) in [7, 11) is 1.94. The number of rotatable bonds is 1. The SMILES string of the molecule is CC1Oc2nc(cnc2N)C2=C(C#N)CC(C(C)C)N=C2SN(C)Cc2ccc(F)cc21. The molecule has 0 spiro atoms. The number of nitriles is 1. The highest BCUT2D eigenvalue weighted by molar-refractivity contribution is 8.13. The van der Waals surface area contributed by atoms with Crippen molar-refractivity contribution in [3.05, 3.63) is 52.6 Å². The molecule has 1 aromatic carbocycles. The van der Waals surface area contributed by atoms with E-state index in [0.29, 0.717) is 40.4 Å². The fourth-order valence-corrected chi connectivity index (χ4v) is 4.85. The lowest BCUT2D eigenvalue weighted by molar-refractivity contribution is 0.215. The molecule has 2 aliphatic heterocycles. The Hall–Kier alpha value is -2.96. The normalized spacial score (nSPS) is 21.5. The molecule has 2 atom stereocenters. The van der Waals surface area contributed by atoms with Crippen molar-refractivity contribution < 1.29 is 9.13 Å². The van der Waals surface area contributed by atoms with Crippen LogP contribution in [0.4, 0.5) is 10.2 Å². The number of nitrogens with zero attached hydrogens (tertiary/aromatic N) is 5. The first-order valence-corrected chi connectivity index (χ1v) is 11.2. The van der Waals surface area contributed by atoms with Crippen molar-refractivity contribution in [2.75, 3.05) is 12.8 Å². The first-order valence-electron chi connectivity index (χ1n) is 10.4. The highest BCUT2D eigenvalue weighted by Crippen LogP contribution is 2.38. The van der Waals surface area contributed by atoms with E-state index in [1.807, 2.05) is 18.3 Å². The summed E-state index contributed by atoms with van der Waals surface area (Å²) in [5.74, 6) is 0.225. The number of fused-ring (bicyclic) bond motifs is 5. The molecule has 0 amide bonds. The predicted octanol–water partition coefficient (Wildman–Crippen LogP) is 4.54. The summed E-state index contributed by atoms with van der Waals surface area (Å²) in [4.78, 5) is 13.8. The van der Waals surface area contributed by atoms with Crippen molar-refractivity contribution in [1.82, 2.24) is 14.3 Å². The summed E-state index contributed by atoms with van der Waals surface area (Å²) in [6.45, 7) is 6.55. The van der Waals surface area contributed by atoms with Gasteiger partial charge in [0, 0.05) is 24.1 Å². The maximum absolute atomic E-state index is 14.1. The van der Waals surface area contributed by atoms with E-state index in [0.717, 1.165) is 5.56 Å². The third-order valence-corrected chi connectivity index (χ3v) is 6.53. The van der Waals surface area contributed by atoms with E-state index >= 15 is 0 Å². The van der Waals surface area contributed by atoms with Crippen molar-refractivity contribution in [2.45, 2.75) is 45.9 Å². The van der Waals surface area contributed by atoms with Crippen molar-refractivity contribution in [3.63, 3.8) is 0 Å². The molecule has 3 heterocycles. The van der Waals surface area contributed by atoms with Crippen LogP contribution in [0.5, 0.6) is 5.88 Å². The molecule has 0 fully saturated rings. The number of aromatic nitrogens is 2. The van der Waals surface area contributed by atoms with Crippen LogP contribution in [0.2, 0.25) is 0 Å². The monoisotopic (exact) mass is 452 g/mol. The summed E-state index contributed by atoms with van der Waals surface area (Å²) < 4.78 is 22.1.